The zero-order valence-corrected chi connectivity index (χ0v) is 19.2. The number of hydrogen-bond donors (Lipinski definition) is 2. The number of ether oxygens (including phenoxy) is 1. The molecule has 0 radical (unpaired) electrons. The number of aromatic nitrogens is 2. The van der Waals surface area contributed by atoms with E-state index in [-0.39, 0.29) is 24.0 Å². The molecule has 170 valence electrons. The Labute approximate surface area is 190 Å². The minimum Gasteiger partial charge on any atom is -0.385 e. The number of para-hydroxylation sites is 2. The maximum atomic E-state index is 13.0. The van der Waals surface area contributed by atoms with Crippen molar-refractivity contribution in [2.24, 2.45) is 7.05 Å². The van der Waals surface area contributed by atoms with Crippen LogP contribution in [0.5, 0.6) is 0 Å². The van der Waals surface area contributed by atoms with Crippen molar-refractivity contribution in [1.29, 1.82) is 0 Å². The van der Waals surface area contributed by atoms with Crippen LogP contribution in [0.4, 0.5) is 5.00 Å². The molecule has 0 fully saturated rings. The first-order valence-corrected chi connectivity index (χ1v) is 11.7. The van der Waals surface area contributed by atoms with Gasteiger partial charge in [-0.2, -0.15) is 0 Å². The standard InChI is InChI=1S/C23H28N4O4S/c1-26-16-9-4-5-10-17(16)27(23(26)30)14-19(28)25-22-20(21(29)24-12-7-13-31-2)15-8-3-6-11-18(15)32-22/h4-5,9-10H,3,6-8,11-14H2,1-2H3,(H,24,29)(H,25,28). The second kappa shape index (κ2) is 9.70. The van der Waals surface area contributed by atoms with Crippen LogP contribution in [-0.2, 0) is 36.0 Å². The normalized spacial score (nSPS) is 13.2. The van der Waals surface area contributed by atoms with Gasteiger partial charge < -0.3 is 15.4 Å². The zero-order chi connectivity index (χ0) is 22.7. The van der Waals surface area contributed by atoms with Crippen LogP contribution in [-0.4, -0.2) is 41.2 Å². The van der Waals surface area contributed by atoms with Crippen molar-refractivity contribution in [3.8, 4) is 0 Å². The van der Waals surface area contributed by atoms with Gasteiger partial charge in [0.1, 0.15) is 11.5 Å². The van der Waals surface area contributed by atoms with Gasteiger partial charge in [0.25, 0.3) is 5.91 Å². The highest BCUT2D eigenvalue weighted by molar-refractivity contribution is 7.17. The number of benzene rings is 1. The Kier molecular flexibility index (Phi) is 6.76. The average Bonchev–Trinajstić information content (AvgIpc) is 3.27. The first kappa shape index (κ1) is 22.3. The van der Waals surface area contributed by atoms with Crippen LogP contribution in [0.15, 0.2) is 29.1 Å². The molecule has 0 aliphatic heterocycles. The van der Waals surface area contributed by atoms with Gasteiger partial charge in [0.2, 0.25) is 5.91 Å². The summed E-state index contributed by atoms with van der Waals surface area (Å²) in [5.74, 6) is -0.492. The van der Waals surface area contributed by atoms with Crippen molar-refractivity contribution in [2.45, 2.75) is 38.6 Å². The summed E-state index contributed by atoms with van der Waals surface area (Å²) in [5, 5.41) is 6.44. The first-order valence-electron chi connectivity index (χ1n) is 10.9. The largest absolute Gasteiger partial charge is 0.385 e. The van der Waals surface area contributed by atoms with Crippen molar-refractivity contribution < 1.29 is 14.3 Å². The molecule has 0 atom stereocenters. The Morgan fingerprint density at radius 3 is 2.69 bits per heavy atom. The van der Waals surface area contributed by atoms with Crippen LogP contribution < -0.4 is 16.3 Å². The van der Waals surface area contributed by atoms with Gasteiger partial charge in [-0.1, -0.05) is 12.1 Å². The number of carbonyl (C=O) groups excluding carboxylic acids is 2. The number of anilines is 1. The minimum absolute atomic E-state index is 0.113. The number of nitrogens with zero attached hydrogens (tertiary/aromatic N) is 2. The number of fused-ring (bicyclic) bond motifs is 2. The monoisotopic (exact) mass is 456 g/mol. The summed E-state index contributed by atoms with van der Waals surface area (Å²) >= 11 is 1.48. The van der Waals surface area contributed by atoms with E-state index in [0.717, 1.165) is 48.1 Å². The van der Waals surface area contributed by atoms with Gasteiger partial charge in [0.05, 0.1) is 16.6 Å². The second-order valence-corrected chi connectivity index (χ2v) is 9.09. The Morgan fingerprint density at radius 1 is 1.16 bits per heavy atom. The summed E-state index contributed by atoms with van der Waals surface area (Å²) in [6, 6.07) is 7.38. The SMILES string of the molecule is COCCCNC(=O)c1c(NC(=O)Cn2c(=O)n(C)c3ccccc32)sc2c1CCCC2. The number of aryl methyl sites for hydroxylation is 2. The fraction of sp³-hybridized carbons (Fsp3) is 0.435. The highest BCUT2D eigenvalue weighted by Crippen LogP contribution is 2.38. The lowest BCUT2D eigenvalue weighted by Gasteiger charge is -2.13. The van der Waals surface area contributed by atoms with Gasteiger partial charge in [0.15, 0.2) is 0 Å². The number of amides is 2. The highest BCUT2D eigenvalue weighted by Gasteiger charge is 2.26. The second-order valence-electron chi connectivity index (χ2n) is 7.98. The lowest BCUT2D eigenvalue weighted by molar-refractivity contribution is -0.116. The summed E-state index contributed by atoms with van der Waals surface area (Å²) in [4.78, 5) is 39.7. The third-order valence-corrected chi connectivity index (χ3v) is 7.02. The molecular weight excluding hydrogens is 428 g/mol. The topological polar surface area (TPSA) is 94.4 Å². The van der Waals surface area contributed by atoms with Crippen molar-refractivity contribution in [3.05, 3.63) is 50.8 Å². The lowest BCUT2D eigenvalue weighted by atomic mass is 9.95. The van der Waals surface area contributed by atoms with E-state index in [1.165, 1.54) is 20.5 Å². The molecule has 2 aromatic heterocycles. The maximum Gasteiger partial charge on any atom is 0.329 e. The molecule has 32 heavy (non-hydrogen) atoms. The van der Waals surface area contributed by atoms with Crippen LogP contribution in [0, 0.1) is 0 Å². The molecule has 0 bridgehead atoms. The van der Waals surface area contributed by atoms with E-state index >= 15 is 0 Å². The van der Waals surface area contributed by atoms with Gasteiger partial charge in [-0.15, -0.1) is 11.3 Å². The van der Waals surface area contributed by atoms with E-state index in [9.17, 15) is 14.4 Å². The summed E-state index contributed by atoms with van der Waals surface area (Å²) in [5.41, 5.74) is 2.84. The fourth-order valence-electron chi connectivity index (χ4n) is 4.23. The molecule has 4 rings (SSSR count). The number of imidazole rings is 1. The van der Waals surface area contributed by atoms with Crippen LogP contribution >= 0.6 is 11.3 Å². The molecule has 2 heterocycles. The number of methoxy groups -OCH3 is 1. The summed E-state index contributed by atoms with van der Waals surface area (Å²) in [7, 11) is 3.32. The van der Waals surface area contributed by atoms with E-state index in [1.54, 1.807) is 14.2 Å². The van der Waals surface area contributed by atoms with E-state index in [1.807, 2.05) is 24.3 Å². The molecule has 1 aliphatic rings. The van der Waals surface area contributed by atoms with Crippen LogP contribution in [0.25, 0.3) is 11.0 Å². The van der Waals surface area contributed by atoms with Crippen LogP contribution in [0.1, 0.15) is 40.1 Å². The van der Waals surface area contributed by atoms with E-state index < -0.39 is 0 Å². The molecule has 1 aromatic carbocycles. The first-order chi connectivity index (χ1) is 15.5. The Hall–Kier alpha value is -2.91. The Bertz CT molecular complexity index is 1210. The van der Waals surface area contributed by atoms with Gasteiger partial charge in [0, 0.05) is 32.2 Å². The predicted octanol–water partition coefficient (Wildman–Crippen LogP) is 2.69. The summed E-state index contributed by atoms with van der Waals surface area (Å²) in [6.07, 6.45) is 4.60. The highest BCUT2D eigenvalue weighted by atomic mass is 32.1. The van der Waals surface area contributed by atoms with Gasteiger partial charge >= 0.3 is 5.69 Å². The minimum atomic E-state index is -0.324. The third kappa shape index (κ3) is 4.35. The van der Waals surface area contributed by atoms with Gasteiger partial charge in [-0.3, -0.25) is 18.7 Å². The smallest absolute Gasteiger partial charge is 0.329 e. The molecule has 0 saturated heterocycles. The number of thiophene rings is 1. The molecule has 0 saturated carbocycles. The van der Waals surface area contributed by atoms with Crippen LogP contribution in [0.2, 0.25) is 0 Å². The average molecular weight is 457 g/mol. The molecule has 1 aliphatic carbocycles. The van der Waals surface area contributed by atoms with Crippen molar-refractivity contribution in [1.82, 2.24) is 14.5 Å². The molecule has 3 aromatic rings. The zero-order valence-electron chi connectivity index (χ0n) is 18.4. The molecule has 0 spiro atoms. The molecule has 2 N–H and O–H groups in total. The summed E-state index contributed by atoms with van der Waals surface area (Å²) in [6.45, 7) is 0.971. The molecule has 2 amide bonds. The van der Waals surface area contributed by atoms with E-state index in [4.69, 9.17) is 4.74 Å². The number of rotatable bonds is 8. The summed E-state index contributed by atoms with van der Waals surface area (Å²) < 4.78 is 8.04. The Balaban J connectivity index is 1.57. The quantitative estimate of drug-likeness (QED) is 0.510. The van der Waals surface area contributed by atoms with Gasteiger partial charge in [-0.05, 0) is 49.8 Å². The van der Waals surface area contributed by atoms with Crippen molar-refractivity contribution in [2.75, 3.05) is 25.6 Å². The van der Waals surface area contributed by atoms with Crippen molar-refractivity contribution >= 4 is 39.2 Å². The van der Waals surface area contributed by atoms with Crippen molar-refractivity contribution in [3.63, 3.8) is 0 Å². The molecule has 8 nitrogen and oxygen atoms in total. The molecule has 0 unspecified atom stereocenters. The molecular formula is C23H28N4O4S. The fourth-order valence-corrected chi connectivity index (χ4v) is 5.53. The van der Waals surface area contributed by atoms with Gasteiger partial charge in [-0.25, -0.2) is 4.79 Å². The Morgan fingerprint density at radius 2 is 1.91 bits per heavy atom. The molecule has 9 heteroatoms. The number of hydrogen-bond acceptors (Lipinski definition) is 5. The third-order valence-electron chi connectivity index (χ3n) is 5.82. The maximum absolute atomic E-state index is 13.0. The predicted molar refractivity (Wildman–Crippen MR) is 126 cm³/mol. The van der Waals surface area contributed by atoms with E-state index in [0.29, 0.717) is 29.2 Å². The van der Waals surface area contributed by atoms with Crippen LogP contribution in [0.3, 0.4) is 0 Å². The lowest BCUT2D eigenvalue weighted by Crippen LogP contribution is -2.30. The number of nitrogens with one attached hydrogen (secondary N) is 2. The van der Waals surface area contributed by atoms with E-state index in [2.05, 4.69) is 10.6 Å². The number of carbonyl (C=O) groups is 2.